The van der Waals surface area contributed by atoms with Crippen LogP contribution in [0.5, 0.6) is 17.5 Å². The lowest BCUT2D eigenvalue weighted by atomic mass is 9.83. The maximum absolute atomic E-state index is 13.1. The van der Waals surface area contributed by atoms with Gasteiger partial charge in [0.25, 0.3) is 5.91 Å². The molecular weight excluding hydrogens is 386 g/mol. The number of carbonyl (C=O) groups is 1. The average molecular weight is 413 g/mol. The molecule has 1 amide bonds. The van der Waals surface area contributed by atoms with E-state index in [2.05, 4.69) is 9.97 Å². The van der Waals surface area contributed by atoms with Crippen molar-refractivity contribution in [2.24, 2.45) is 0 Å². The van der Waals surface area contributed by atoms with Crippen molar-refractivity contribution < 1.29 is 23.7 Å². The Bertz CT molecular complexity index is 868. The second-order valence-electron chi connectivity index (χ2n) is 7.65. The third kappa shape index (κ3) is 4.33. The summed E-state index contributed by atoms with van der Waals surface area (Å²) in [5.74, 6) is 1.14. The van der Waals surface area contributed by atoms with Crippen LogP contribution >= 0.6 is 0 Å². The van der Waals surface area contributed by atoms with Gasteiger partial charge in [-0.2, -0.15) is 0 Å². The molecule has 1 atom stereocenters. The highest BCUT2D eigenvalue weighted by Crippen LogP contribution is 2.37. The number of benzene rings is 1. The Balaban J connectivity index is 1.39. The van der Waals surface area contributed by atoms with Crippen molar-refractivity contribution in [2.45, 2.75) is 37.4 Å². The van der Waals surface area contributed by atoms with Gasteiger partial charge >= 0.3 is 6.01 Å². The van der Waals surface area contributed by atoms with Crippen LogP contribution < -0.4 is 14.2 Å². The van der Waals surface area contributed by atoms with E-state index in [-0.39, 0.29) is 17.6 Å². The molecule has 2 aliphatic rings. The first kappa shape index (κ1) is 20.4. The van der Waals surface area contributed by atoms with Crippen molar-refractivity contribution >= 4 is 5.91 Å². The Kier molecular flexibility index (Phi) is 6.03. The highest BCUT2D eigenvalue weighted by atomic mass is 16.5. The van der Waals surface area contributed by atoms with E-state index in [1.54, 1.807) is 50.9 Å². The summed E-state index contributed by atoms with van der Waals surface area (Å²) in [6.07, 6.45) is 6.50. The van der Waals surface area contributed by atoms with Gasteiger partial charge < -0.3 is 23.8 Å². The van der Waals surface area contributed by atoms with E-state index < -0.39 is 0 Å². The lowest BCUT2D eigenvalue weighted by Crippen LogP contribution is -2.52. The fourth-order valence-electron chi connectivity index (χ4n) is 4.19. The van der Waals surface area contributed by atoms with E-state index in [1.165, 1.54) is 0 Å². The number of aromatic nitrogens is 2. The van der Waals surface area contributed by atoms with Gasteiger partial charge in [0.05, 0.1) is 32.0 Å². The average Bonchev–Trinajstić information content (AvgIpc) is 2.79. The summed E-state index contributed by atoms with van der Waals surface area (Å²) in [5.41, 5.74) is 0.277. The van der Waals surface area contributed by atoms with Crippen LogP contribution in [0, 0.1) is 0 Å². The fraction of sp³-hybridized carbons (Fsp3) is 0.500. The Morgan fingerprint density at radius 2 is 1.93 bits per heavy atom. The molecule has 4 rings (SSSR count). The molecule has 8 heteroatoms. The standard InChI is InChI=1S/C22H27N3O5/c1-27-16-4-5-18(19(14-16)28-2)20(26)25-11-7-22(8-12-25)15-17(6-13-29-22)30-21-23-9-3-10-24-21/h3-5,9-10,14,17H,6-8,11-13,15H2,1-2H3. The van der Waals surface area contributed by atoms with Gasteiger partial charge in [-0.15, -0.1) is 0 Å². The summed E-state index contributed by atoms with van der Waals surface area (Å²) in [6, 6.07) is 7.43. The van der Waals surface area contributed by atoms with Gasteiger partial charge in [-0.05, 0) is 31.0 Å². The molecule has 0 bridgehead atoms. The maximum atomic E-state index is 13.1. The molecule has 2 aromatic rings. The van der Waals surface area contributed by atoms with Gasteiger partial charge in [-0.1, -0.05) is 0 Å². The van der Waals surface area contributed by atoms with E-state index in [9.17, 15) is 4.79 Å². The Labute approximate surface area is 176 Å². The summed E-state index contributed by atoms with van der Waals surface area (Å²) < 4.78 is 22.8. The molecule has 1 aromatic heterocycles. The van der Waals surface area contributed by atoms with E-state index in [1.807, 2.05) is 4.90 Å². The summed E-state index contributed by atoms with van der Waals surface area (Å²) in [4.78, 5) is 23.3. The molecule has 0 saturated carbocycles. The van der Waals surface area contributed by atoms with Crippen LogP contribution in [-0.4, -0.2) is 66.4 Å². The van der Waals surface area contributed by atoms with Crippen molar-refractivity contribution in [1.82, 2.24) is 14.9 Å². The van der Waals surface area contributed by atoms with Gasteiger partial charge in [-0.25, -0.2) is 9.97 Å². The van der Waals surface area contributed by atoms with Gasteiger partial charge in [0.1, 0.15) is 17.6 Å². The van der Waals surface area contributed by atoms with Crippen LogP contribution in [0.3, 0.4) is 0 Å². The van der Waals surface area contributed by atoms with Crippen LogP contribution in [0.4, 0.5) is 0 Å². The SMILES string of the molecule is COc1ccc(C(=O)N2CCC3(CC2)CC(Oc2ncccn2)CCO3)c(OC)c1. The largest absolute Gasteiger partial charge is 0.497 e. The highest BCUT2D eigenvalue weighted by molar-refractivity contribution is 5.97. The number of piperidine rings is 1. The third-order valence-corrected chi connectivity index (χ3v) is 5.86. The molecule has 1 unspecified atom stereocenters. The number of amides is 1. The number of methoxy groups -OCH3 is 2. The number of carbonyl (C=O) groups excluding carboxylic acids is 1. The Hall–Kier alpha value is -2.87. The normalized spacial score (nSPS) is 20.6. The number of hydrogen-bond acceptors (Lipinski definition) is 7. The minimum absolute atomic E-state index is 0.0186. The molecule has 0 aliphatic carbocycles. The van der Waals surface area contributed by atoms with Crippen LogP contribution in [0.25, 0.3) is 0 Å². The Morgan fingerprint density at radius 1 is 1.17 bits per heavy atom. The summed E-state index contributed by atoms with van der Waals surface area (Å²) in [7, 11) is 3.15. The molecule has 1 aromatic carbocycles. The first-order valence-electron chi connectivity index (χ1n) is 10.2. The van der Waals surface area contributed by atoms with E-state index in [0.717, 1.165) is 25.7 Å². The lowest BCUT2D eigenvalue weighted by Gasteiger charge is -2.45. The van der Waals surface area contributed by atoms with Crippen molar-refractivity contribution in [3.8, 4) is 17.5 Å². The van der Waals surface area contributed by atoms with E-state index in [0.29, 0.717) is 42.8 Å². The van der Waals surface area contributed by atoms with Gasteiger partial charge in [-0.3, -0.25) is 4.79 Å². The maximum Gasteiger partial charge on any atom is 0.316 e. The smallest absolute Gasteiger partial charge is 0.316 e. The minimum Gasteiger partial charge on any atom is -0.497 e. The molecule has 30 heavy (non-hydrogen) atoms. The van der Waals surface area contributed by atoms with Gasteiger partial charge in [0.2, 0.25) is 0 Å². The molecule has 0 radical (unpaired) electrons. The van der Waals surface area contributed by atoms with Crippen molar-refractivity contribution in [3.05, 3.63) is 42.2 Å². The van der Waals surface area contributed by atoms with Crippen LogP contribution in [0.2, 0.25) is 0 Å². The number of hydrogen-bond donors (Lipinski definition) is 0. The van der Waals surface area contributed by atoms with Crippen molar-refractivity contribution in [3.63, 3.8) is 0 Å². The van der Waals surface area contributed by atoms with Gasteiger partial charge in [0, 0.05) is 44.4 Å². The fourth-order valence-corrected chi connectivity index (χ4v) is 4.19. The molecule has 1 spiro atoms. The second kappa shape index (κ2) is 8.87. The summed E-state index contributed by atoms with van der Waals surface area (Å²) >= 11 is 0. The molecule has 2 saturated heterocycles. The van der Waals surface area contributed by atoms with Crippen LogP contribution in [-0.2, 0) is 4.74 Å². The predicted octanol–water partition coefficient (Wildman–Crippen LogP) is 2.73. The highest BCUT2D eigenvalue weighted by Gasteiger charge is 2.42. The first-order valence-corrected chi connectivity index (χ1v) is 10.2. The Morgan fingerprint density at radius 3 is 2.63 bits per heavy atom. The number of ether oxygens (including phenoxy) is 4. The van der Waals surface area contributed by atoms with Crippen LogP contribution in [0.1, 0.15) is 36.0 Å². The quantitative estimate of drug-likeness (QED) is 0.745. The minimum atomic E-state index is -0.265. The van der Waals surface area contributed by atoms with E-state index in [4.69, 9.17) is 18.9 Å². The molecule has 8 nitrogen and oxygen atoms in total. The number of rotatable bonds is 5. The molecule has 160 valence electrons. The van der Waals surface area contributed by atoms with Gasteiger partial charge in [0.15, 0.2) is 0 Å². The van der Waals surface area contributed by atoms with Crippen molar-refractivity contribution in [2.75, 3.05) is 33.9 Å². The van der Waals surface area contributed by atoms with E-state index >= 15 is 0 Å². The zero-order chi connectivity index (χ0) is 21.0. The third-order valence-electron chi connectivity index (χ3n) is 5.86. The summed E-state index contributed by atoms with van der Waals surface area (Å²) in [6.45, 7) is 1.89. The predicted molar refractivity (Wildman–Crippen MR) is 109 cm³/mol. The first-order chi connectivity index (χ1) is 14.6. The topological polar surface area (TPSA) is 83.0 Å². The second-order valence-corrected chi connectivity index (χ2v) is 7.65. The number of likely N-dealkylation sites (tertiary alicyclic amines) is 1. The van der Waals surface area contributed by atoms with Crippen molar-refractivity contribution in [1.29, 1.82) is 0 Å². The monoisotopic (exact) mass is 413 g/mol. The molecular formula is C22H27N3O5. The number of nitrogens with zero attached hydrogens (tertiary/aromatic N) is 3. The lowest BCUT2D eigenvalue weighted by molar-refractivity contribution is -0.136. The zero-order valence-electron chi connectivity index (χ0n) is 17.4. The van der Waals surface area contributed by atoms with Crippen LogP contribution in [0.15, 0.2) is 36.7 Å². The molecule has 0 N–H and O–H groups in total. The molecule has 2 aliphatic heterocycles. The molecule has 3 heterocycles. The summed E-state index contributed by atoms with van der Waals surface area (Å²) in [5, 5.41) is 0. The zero-order valence-corrected chi connectivity index (χ0v) is 17.4. The molecule has 2 fully saturated rings.